The van der Waals surface area contributed by atoms with Crippen LogP contribution in [0.15, 0.2) is 85.0 Å². The molecule has 0 spiro atoms. The number of ketones is 1. The van der Waals surface area contributed by atoms with Crippen molar-refractivity contribution in [2.45, 2.75) is 23.9 Å². The van der Waals surface area contributed by atoms with Crippen molar-refractivity contribution < 1.29 is 4.79 Å². The first kappa shape index (κ1) is 16.1. The quantitative estimate of drug-likeness (QED) is 0.881. The number of hydrogen-bond donors (Lipinski definition) is 2. The third-order valence-electron chi connectivity index (χ3n) is 3.71. The maximum atomic E-state index is 12.4. The van der Waals surface area contributed by atoms with E-state index < -0.39 is 11.1 Å². The highest BCUT2D eigenvalue weighted by molar-refractivity contribution is 6.00. The lowest BCUT2D eigenvalue weighted by Crippen LogP contribution is -2.60. The summed E-state index contributed by atoms with van der Waals surface area (Å²) in [4.78, 5) is 12.4. The summed E-state index contributed by atoms with van der Waals surface area (Å²) in [6.45, 7) is 0. The lowest BCUT2D eigenvalue weighted by molar-refractivity contribution is -0.126. The molecule has 114 valence electrons. The summed E-state index contributed by atoms with van der Waals surface area (Å²) in [6, 6.07) is 12.0. The van der Waals surface area contributed by atoms with Crippen LogP contribution in [-0.4, -0.2) is 16.9 Å². The van der Waals surface area contributed by atoms with Gasteiger partial charge in [0.25, 0.3) is 0 Å². The maximum Gasteiger partial charge on any atom is 0.180 e. The molecule has 2 atom stereocenters. The largest absolute Gasteiger partial charge is 0.315 e. The predicted molar refractivity (Wildman–Crippen MR) is 91.1 cm³/mol. The van der Waals surface area contributed by atoms with E-state index >= 15 is 0 Å². The Kier molecular flexibility index (Phi) is 5.26. The lowest BCUT2D eigenvalue weighted by atomic mass is 9.75. The minimum Gasteiger partial charge on any atom is -0.315 e. The fourth-order valence-electron chi connectivity index (χ4n) is 2.43. The van der Waals surface area contributed by atoms with Crippen LogP contribution in [0.2, 0.25) is 0 Å². The Morgan fingerprint density at radius 2 is 1.05 bits per heavy atom. The van der Waals surface area contributed by atoms with Crippen LogP contribution in [0.1, 0.15) is 12.8 Å². The zero-order valence-electron chi connectivity index (χ0n) is 12.6. The molecule has 1 aromatic rings. The molecule has 1 aromatic carbocycles. The van der Waals surface area contributed by atoms with Gasteiger partial charge in [0.2, 0.25) is 0 Å². The van der Waals surface area contributed by atoms with Crippen LogP contribution in [0.3, 0.4) is 0 Å². The fraction of sp³-hybridized carbons (Fsp3) is 0.211. The molecular formula is C19H22N2O. The average molecular weight is 294 g/mol. The Morgan fingerprint density at radius 1 is 0.682 bits per heavy atom. The molecule has 3 nitrogen and oxygen atoms in total. The first-order valence-electron chi connectivity index (χ1n) is 7.38. The fourth-order valence-corrected chi connectivity index (χ4v) is 2.43. The summed E-state index contributed by atoms with van der Waals surface area (Å²) in [5.41, 5.74) is 10.3. The normalized spacial score (nSPS) is 28.8. The molecule has 2 aliphatic carbocycles. The highest BCUT2D eigenvalue weighted by Crippen LogP contribution is 2.26. The van der Waals surface area contributed by atoms with E-state index in [1.165, 1.54) is 0 Å². The second-order valence-corrected chi connectivity index (χ2v) is 5.55. The van der Waals surface area contributed by atoms with Gasteiger partial charge in [-0.25, -0.2) is 0 Å². The van der Waals surface area contributed by atoms with Crippen molar-refractivity contribution in [3.8, 4) is 0 Å². The number of carbonyl (C=O) groups excluding carboxylic acids is 1. The minimum absolute atomic E-state index is 0.124. The molecule has 0 heterocycles. The first-order valence-corrected chi connectivity index (χ1v) is 7.38. The predicted octanol–water partition coefficient (Wildman–Crippen LogP) is 2.67. The summed E-state index contributed by atoms with van der Waals surface area (Å²) < 4.78 is 0. The van der Waals surface area contributed by atoms with E-state index in [4.69, 9.17) is 11.5 Å². The van der Waals surface area contributed by atoms with Gasteiger partial charge in [0.15, 0.2) is 5.78 Å². The molecule has 0 saturated carbocycles. The summed E-state index contributed by atoms with van der Waals surface area (Å²) in [5, 5.41) is 0. The summed E-state index contributed by atoms with van der Waals surface area (Å²) in [7, 11) is 0. The minimum atomic E-state index is -0.959. The third-order valence-corrected chi connectivity index (χ3v) is 3.71. The van der Waals surface area contributed by atoms with Crippen LogP contribution >= 0.6 is 0 Å². The Bertz CT molecular complexity index is 551. The van der Waals surface area contributed by atoms with Crippen molar-refractivity contribution in [1.29, 1.82) is 0 Å². The van der Waals surface area contributed by atoms with Gasteiger partial charge in [0.1, 0.15) is 0 Å². The molecule has 0 aliphatic heterocycles. The van der Waals surface area contributed by atoms with Crippen molar-refractivity contribution in [1.82, 2.24) is 0 Å². The van der Waals surface area contributed by atoms with Crippen LogP contribution in [0.25, 0.3) is 0 Å². The molecule has 2 unspecified atom stereocenters. The zero-order valence-corrected chi connectivity index (χ0v) is 12.6. The van der Waals surface area contributed by atoms with Gasteiger partial charge >= 0.3 is 0 Å². The lowest BCUT2D eigenvalue weighted by Gasteiger charge is -2.34. The van der Waals surface area contributed by atoms with Crippen LogP contribution in [-0.2, 0) is 4.79 Å². The van der Waals surface area contributed by atoms with Gasteiger partial charge in [0, 0.05) is 0 Å². The van der Waals surface area contributed by atoms with Gasteiger partial charge in [-0.3, -0.25) is 4.79 Å². The van der Waals surface area contributed by atoms with E-state index in [0.29, 0.717) is 12.8 Å². The Labute approximate surface area is 131 Å². The number of rotatable bonds is 2. The molecule has 0 aromatic heterocycles. The van der Waals surface area contributed by atoms with E-state index in [1.54, 1.807) is 24.3 Å². The summed E-state index contributed by atoms with van der Waals surface area (Å²) in [5.74, 6) is -0.124. The molecular weight excluding hydrogens is 272 g/mol. The summed E-state index contributed by atoms with van der Waals surface area (Å²) in [6.07, 6.45) is 15.6. The van der Waals surface area contributed by atoms with Crippen LogP contribution < -0.4 is 11.5 Å². The molecule has 0 amide bonds. The average Bonchev–Trinajstić information content (AvgIpc) is 2.58. The number of hydrogen-bond acceptors (Lipinski definition) is 3. The number of allylic oxidation sites excluding steroid dienone is 4. The van der Waals surface area contributed by atoms with E-state index in [0.717, 1.165) is 0 Å². The van der Waals surface area contributed by atoms with E-state index in [9.17, 15) is 4.79 Å². The second kappa shape index (κ2) is 7.16. The van der Waals surface area contributed by atoms with E-state index in [2.05, 4.69) is 0 Å². The summed E-state index contributed by atoms with van der Waals surface area (Å²) >= 11 is 0. The number of carbonyl (C=O) groups is 1. The van der Waals surface area contributed by atoms with E-state index in [-0.39, 0.29) is 5.78 Å². The molecule has 0 radical (unpaired) electrons. The van der Waals surface area contributed by atoms with Crippen LogP contribution in [0, 0.1) is 0 Å². The number of benzene rings is 1. The topological polar surface area (TPSA) is 69.1 Å². The molecule has 2 aliphatic rings. The van der Waals surface area contributed by atoms with Crippen LogP contribution in [0.5, 0.6) is 0 Å². The van der Waals surface area contributed by atoms with Gasteiger partial charge in [0.05, 0.1) is 11.1 Å². The van der Waals surface area contributed by atoms with Gasteiger partial charge in [-0.05, 0) is 12.8 Å². The highest BCUT2D eigenvalue weighted by atomic mass is 16.1. The SMILES string of the molecule is NC1(C(=O)C2(N)C=CC=CC2)C=CC=CC1.c1ccccc1. The standard InChI is InChI=1S/C13H16N2O.C6H6/c14-12(7-3-1-4-8-12)11(16)13(15)9-5-2-6-10-13;1-2-4-6-5-3-1/h1-7,9H,8,10,14-15H2;1-6H. The van der Waals surface area contributed by atoms with Gasteiger partial charge in [-0.1, -0.05) is 85.0 Å². The van der Waals surface area contributed by atoms with E-state index in [1.807, 2.05) is 60.7 Å². The maximum absolute atomic E-state index is 12.4. The van der Waals surface area contributed by atoms with Crippen molar-refractivity contribution in [2.24, 2.45) is 11.5 Å². The van der Waals surface area contributed by atoms with Crippen molar-refractivity contribution in [3.63, 3.8) is 0 Å². The molecule has 22 heavy (non-hydrogen) atoms. The third kappa shape index (κ3) is 3.91. The van der Waals surface area contributed by atoms with Crippen molar-refractivity contribution in [3.05, 3.63) is 85.0 Å². The number of nitrogens with two attached hydrogens (primary N) is 2. The molecule has 3 rings (SSSR count). The van der Waals surface area contributed by atoms with Gasteiger partial charge < -0.3 is 11.5 Å². The Balaban J connectivity index is 0.000000246. The smallest absolute Gasteiger partial charge is 0.180 e. The molecule has 3 heteroatoms. The zero-order chi connectivity index (χ0) is 15.9. The monoisotopic (exact) mass is 294 g/mol. The Morgan fingerprint density at radius 3 is 1.32 bits per heavy atom. The van der Waals surface area contributed by atoms with Gasteiger partial charge in [-0.15, -0.1) is 0 Å². The molecule has 4 N–H and O–H groups in total. The number of Topliss-reactive ketones (excluding diaryl/α,β-unsaturated/α-hetero) is 1. The van der Waals surface area contributed by atoms with Crippen LogP contribution in [0.4, 0.5) is 0 Å². The highest BCUT2D eigenvalue weighted by Gasteiger charge is 2.42. The van der Waals surface area contributed by atoms with Crippen molar-refractivity contribution in [2.75, 3.05) is 0 Å². The Hall–Kier alpha value is -2.23. The van der Waals surface area contributed by atoms with Crippen molar-refractivity contribution >= 4 is 5.78 Å². The molecule has 0 saturated heterocycles. The molecule has 0 bridgehead atoms. The molecule has 0 fully saturated rings. The second-order valence-electron chi connectivity index (χ2n) is 5.55. The first-order chi connectivity index (χ1) is 10.6. The van der Waals surface area contributed by atoms with Gasteiger partial charge in [-0.2, -0.15) is 0 Å².